The fourth-order valence-electron chi connectivity index (χ4n) is 3.87. The zero-order valence-electron chi connectivity index (χ0n) is 17.4. The van der Waals surface area contributed by atoms with E-state index in [9.17, 15) is 39.9 Å². The summed E-state index contributed by atoms with van der Waals surface area (Å²) in [5.74, 6) is -0.126. The summed E-state index contributed by atoms with van der Waals surface area (Å²) in [6.45, 7) is 0.0909. The number of urea groups is 1. The molecule has 1 aromatic heterocycles. The molecule has 2 aromatic rings. The average Bonchev–Trinajstić information content (AvgIpc) is 3.24. The van der Waals surface area contributed by atoms with Gasteiger partial charge in [0.15, 0.2) is 0 Å². The number of pyridine rings is 1. The standard InChI is InChI=1S/C21H21F6N3O3S/c22-20(23,24)14-6-4-13(5-7-14)17(18-16(21(25,26)27)2-1-9-28-18)30-19(31)29-11-12-3-8-15(10-12)34(32)33/h1-2,4-7,9,12,15,17H,3,8,10-11H2,(H,32,33)(H2,29,30,31)/p-1. The molecule has 6 nitrogen and oxygen atoms in total. The van der Waals surface area contributed by atoms with E-state index in [0.717, 1.165) is 30.5 Å². The lowest BCUT2D eigenvalue weighted by Crippen LogP contribution is -2.41. The lowest BCUT2D eigenvalue weighted by molar-refractivity contribution is -0.139. The topological polar surface area (TPSA) is 94.2 Å². The first-order valence-electron chi connectivity index (χ1n) is 10.2. The molecule has 1 aromatic carbocycles. The first-order valence-corrected chi connectivity index (χ1v) is 11.3. The first kappa shape index (κ1) is 25.9. The van der Waals surface area contributed by atoms with Crippen molar-refractivity contribution in [2.75, 3.05) is 6.54 Å². The number of hydrogen-bond donors (Lipinski definition) is 2. The van der Waals surface area contributed by atoms with E-state index in [0.29, 0.717) is 31.4 Å². The van der Waals surface area contributed by atoms with Crippen molar-refractivity contribution in [2.45, 2.75) is 42.9 Å². The van der Waals surface area contributed by atoms with Crippen LogP contribution >= 0.6 is 0 Å². The molecule has 2 N–H and O–H groups in total. The number of nitrogens with one attached hydrogen (secondary N) is 2. The van der Waals surface area contributed by atoms with Gasteiger partial charge in [0.2, 0.25) is 0 Å². The molecule has 0 bridgehead atoms. The maximum Gasteiger partial charge on any atom is 0.418 e. The molecular formula is C21H20F6N3O3S-. The Morgan fingerprint density at radius 1 is 1.09 bits per heavy atom. The fourth-order valence-corrected chi connectivity index (χ4v) is 4.63. The molecule has 1 aliphatic rings. The van der Waals surface area contributed by atoms with E-state index in [-0.39, 0.29) is 18.0 Å². The Labute approximate surface area is 193 Å². The van der Waals surface area contributed by atoms with Gasteiger partial charge in [-0.1, -0.05) is 23.2 Å². The molecule has 1 aliphatic carbocycles. The number of halogens is 6. The number of rotatable bonds is 6. The minimum atomic E-state index is -4.82. The zero-order valence-corrected chi connectivity index (χ0v) is 18.3. The van der Waals surface area contributed by atoms with Crippen LogP contribution in [-0.2, 0) is 23.4 Å². The highest BCUT2D eigenvalue weighted by molar-refractivity contribution is 7.79. The zero-order chi connectivity index (χ0) is 25.1. The Morgan fingerprint density at radius 2 is 1.76 bits per heavy atom. The van der Waals surface area contributed by atoms with Crippen molar-refractivity contribution in [3.63, 3.8) is 0 Å². The largest absolute Gasteiger partial charge is 0.772 e. The lowest BCUT2D eigenvalue weighted by atomic mass is 9.98. The molecule has 13 heteroatoms. The maximum atomic E-state index is 13.6. The Bertz CT molecular complexity index is 1030. The molecule has 0 radical (unpaired) electrons. The molecule has 1 heterocycles. The van der Waals surface area contributed by atoms with Crippen molar-refractivity contribution in [2.24, 2.45) is 5.92 Å². The maximum absolute atomic E-state index is 13.6. The van der Waals surface area contributed by atoms with E-state index in [1.165, 1.54) is 0 Å². The van der Waals surface area contributed by atoms with E-state index in [4.69, 9.17) is 0 Å². The summed E-state index contributed by atoms with van der Waals surface area (Å²) in [6.07, 6.45) is -7.03. The summed E-state index contributed by atoms with van der Waals surface area (Å²) < 4.78 is 102. The number of benzene rings is 1. The third-order valence-corrected chi connectivity index (χ3v) is 6.55. The van der Waals surface area contributed by atoms with Crippen molar-refractivity contribution < 1.29 is 39.9 Å². The third kappa shape index (κ3) is 6.47. The molecule has 0 aliphatic heterocycles. The fraction of sp³-hybridized carbons (Fsp3) is 0.429. The van der Waals surface area contributed by atoms with Gasteiger partial charge in [0.1, 0.15) is 0 Å². The summed E-state index contributed by atoms with van der Waals surface area (Å²) in [5, 5.41) is 4.35. The smallest absolute Gasteiger partial charge is 0.418 e. The number of amides is 2. The summed E-state index contributed by atoms with van der Waals surface area (Å²) in [5.41, 5.74) is -2.75. The van der Waals surface area contributed by atoms with Gasteiger partial charge in [-0.15, -0.1) is 0 Å². The number of carbonyl (C=O) groups excluding carboxylic acids is 1. The van der Waals surface area contributed by atoms with Crippen molar-refractivity contribution >= 4 is 17.1 Å². The van der Waals surface area contributed by atoms with Crippen molar-refractivity contribution in [1.82, 2.24) is 15.6 Å². The normalized spacial score (nSPS) is 20.6. The Kier molecular flexibility index (Phi) is 7.86. The molecule has 34 heavy (non-hydrogen) atoms. The van der Waals surface area contributed by atoms with Gasteiger partial charge in [0.25, 0.3) is 0 Å². The predicted molar refractivity (Wildman–Crippen MR) is 109 cm³/mol. The lowest BCUT2D eigenvalue weighted by Gasteiger charge is -2.23. The van der Waals surface area contributed by atoms with Gasteiger partial charge in [0, 0.05) is 18.0 Å². The van der Waals surface area contributed by atoms with Crippen LogP contribution in [0.4, 0.5) is 31.1 Å². The monoisotopic (exact) mass is 508 g/mol. The van der Waals surface area contributed by atoms with E-state index < -0.39 is 57.6 Å². The number of aromatic nitrogens is 1. The van der Waals surface area contributed by atoms with Crippen molar-refractivity contribution in [3.8, 4) is 0 Å². The van der Waals surface area contributed by atoms with Gasteiger partial charge in [-0.2, -0.15) is 26.3 Å². The molecular weight excluding hydrogens is 488 g/mol. The van der Waals surface area contributed by atoms with Crippen LogP contribution in [0.15, 0.2) is 42.6 Å². The highest BCUT2D eigenvalue weighted by atomic mass is 32.2. The van der Waals surface area contributed by atoms with E-state index in [2.05, 4.69) is 15.6 Å². The van der Waals surface area contributed by atoms with E-state index in [1.807, 2.05) is 0 Å². The van der Waals surface area contributed by atoms with Crippen LogP contribution in [0.2, 0.25) is 0 Å². The number of carbonyl (C=O) groups is 1. The minimum absolute atomic E-state index is 0.0324. The summed E-state index contributed by atoms with van der Waals surface area (Å²) in [6, 6.07) is 2.84. The van der Waals surface area contributed by atoms with Gasteiger partial charge in [0.05, 0.1) is 22.9 Å². The van der Waals surface area contributed by atoms with Gasteiger partial charge in [-0.05, 0) is 55.0 Å². The van der Waals surface area contributed by atoms with Crippen LogP contribution in [0.1, 0.15) is 47.7 Å². The summed E-state index contributed by atoms with van der Waals surface area (Å²) in [4.78, 5) is 16.3. The SMILES string of the molecule is O=C(NCC1CCC(S(=O)[O-])C1)NC(c1ccc(C(F)(F)F)cc1)c1ncccc1C(F)(F)F. The van der Waals surface area contributed by atoms with Crippen molar-refractivity contribution in [3.05, 3.63) is 65.0 Å². The van der Waals surface area contributed by atoms with Crippen LogP contribution < -0.4 is 10.6 Å². The van der Waals surface area contributed by atoms with Crippen LogP contribution in [0, 0.1) is 5.92 Å². The highest BCUT2D eigenvalue weighted by Gasteiger charge is 2.37. The van der Waals surface area contributed by atoms with Gasteiger partial charge in [-0.25, -0.2) is 4.79 Å². The first-order chi connectivity index (χ1) is 15.9. The Morgan fingerprint density at radius 3 is 2.32 bits per heavy atom. The third-order valence-electron chi connectivity index (χ3n) is 5.58. The second kappa shape index (κ2) is 10.3. The van der Waals surface area contributed by atoms with E-state index >= 15 is 0 Å². The molecule has 4 unspecified atom stereocenters. The van der Waals surface area contributed by atoms with Gasteiger partial charge < -0.3 is 15.2 Å². The second-order valence-corrected chi connectivity index (χ2v) is 9.09. The molecule has 186 valence electrons. The Hall–Kier alpha value is -2.67. The molecule has 0 spiro atoms. The number of alkyl halides is 6. The van der Waals surface area contributed by atoms with E-state index in [1.54, 1.807) is 0 Å². The average molecular weight is 508 g/mol. The molecule has 2 amide bonds. The van der Waals surface area contributed by atoms with Crippen LogP contribution in [0.3, 0.4) is 0 Å². The number of nitrogens with zero attached hydrogens (tertiary/aromatic N) is 1. The van der Waals surface area contributed by atoms with Gasteiger partial charge in [-0.3, -0.25) is 9.19 Å². The summed E-state index contributed by atoms with van der Waals surface area (Å²) >= 11 is -2.23. The molecule has 0 saturated heterocycles. The number of hydrogen-bond acceptors (Lipinski definition) is 4. The molecule has 1 saturated carbocycles. The van der Waals surface area contributed by atoms with Gasteiger partial charge >= 0.3 is 18.4 Å². The van der Waals surface area contributed by atoms with Crippen LogP contribution in [-0.4, -0.2) is 31.6 Å². The quantitative estimate of drug-likeness (QED) is 0.442. The molecule has 3 rings (SSSR count). The van der Waals surface area contributed by atoms with Crippen LogP contribution in [0.25, 0.3) is 0 Å². The minimum Gasteiger partial charge on any atom is -0.772 e. The molecule has 4 atom stereocenters. The second-order valence-electron chi connectivity index (χ2n) is 7.90. The predicted octanol–water partition coefficient (Wildman–Crippen LogP) is 4.56. The van der Waals surface area contributed by atoms with Crippen LogP contribution in [0.5, 0.6) is 0 Å². The highest BCUT2D eigenvalue weighted by Crippen LogP contribution is 2.36. The Balaban J connectivity index is 1.83. The van der Waals surface area contributed by atoms with Crippen molar-refractivity contribution in [1.29, 1.82) is 0 Å². The molecule has 1 fully saturated rings. The summed E-state index contributed by atoms with van der Waals surface area (Å²) in [7, 11) is 0.